The third-order valence-corrected chi connectivity index (χ3v) is 4.37. The van der Waals surface area contributed by atoms with Gasteiger partial charge in [-0.25, -0.2) is 0 Å². The predicted octanol–water partition coefficient (Wildman–Crippen LogP) is 2.10. The van der Waals surface area contributed by atoms with Crippen LogP contribution in [0.2, 0.25) is 0 Å². The van der Waals surface area contributed by atoms with E-state index in [1.165, 1.54) is 32.2 Å². The zero-order valence-corrected chi connectivity index (χ0v) is 11.1. The van der Waals surface area contributed by atoms with Crippen LogP contribution in [0, 0.1) is 17.2 Å². The standard InChI is InChI=1S/C14H25N3/c1-2-14(11-15)17-9-7-16(8-10-17)12-13-5-3-4-6-13/h13-14H,2-10,12H2,1H3. The Labute approximate surface area is 105 Å². The maximum Gasteiger partial charge on any atom is 0.0976 e. The fourth-order valence-electron chi connectivity index (χ4n) is 3.25. The molecule has 0 bridgehead atoms. The molecule has 2 aliphatic rings. The van der Waals surface area contributed by atoms with Crippen LogP contribution in [0.5, 0.6) is 0 Å². The molecular formula is C14H25N3. The van der Waals surface area contributed by atoms with Crippen LogP contribution in [0.3, 0.4) is 0 Å². The number of nitrogens with zero attached hydrogens (tertiary/aromatic N) is 3. The maximum atomic E-state index is 9.07. The summed E-state index contributed by atoms with van der Waals surface area (Å²) in [6.07, 6.45) is 6.72. The molecule has 0 spiro atoms. The number of piperazine rings is 1. The second kappa shape index (κ2) is 6.37. The van der Waals surface area contributed by atoms with Crippen LogP contribution in [0.25, 0.3) is 0 Å². The first kappa shape index (κ1) is 12.9. The van der Waals surface area contributed by atoms with Gasteiger partial charge in [0.25, 0.3) is 0 Å². The third-order valence-electron chi connectivity index (χ3n) is 4.37. The Balaban J connectivity index is 1.72. The Morgan fingerprint density at radius 2 is 1.82 bits per heavy atom. The minimum absolute atomic E-state index is 0.142. The SMILES string of the molecule is CCC(C#N)N1CCN(CC2CCCC2)CC1. The van der Waals surface area contributed by atoms with Gasteiger partial charge < -0.3 is 4.90 Å². The molecule has 1 atom stereocenters. The summed E-state index contributed by atoms with van der Waals surface area (Å²) in [7, 11) is 0. The van der Waals surface area contributed by atoms with E-state index < -0.39 is 0 Å². The largest absolute Gasteiger partial charge is 0.301 e. The van der Waals surface area contributed by atoms with Gasteiger partial charge in [0.1, 0.15) is 0 Å². The number of hydrogen-bond donors (Lipinski definition) is 0. The molecule has 1 heterocycles. The summed E-state index contributed by atoms with van der Waals surface area (Å²) < 4.78 is 0. The molecule has 0 N–H and O–H groups in total. The number of hydrogen-bond acceptors (Lipinski definition) is 3. The molecule has 0 aromatic carbocycles. The van der Waals surface area contributed by atoms with Gasteiger partial charge in [-0.15, -0.1) is 0 Å². The summed E-state index contributed by atoms with van der Waals surface area (Å²) in [6, 6.07) is 2.56. The van der Waals surface area contributed by atoms with Gasteiger partial charge in [-0.05, 0) is 25.2 Å². The zero-order valence-electron chi connectivity index (χ0n) is 11.1. The summed E-state index contributed by atoms with van der Waals surface area (Å²) in [5, 5.41) is 9.07. The van der Waals surface area contributed by atoms with E-state index in [-0.39, 0.29) is 6.04 Å². The third kappa shape index (κ3) is 3.43. The van der Waals surface area contributed by atoms with Crippen molar-refractivity contribution in [1.29, 1.82) is 5.26 Å². The normalized spacial score (nSPS) is 25.9. The lowest BCUT2D eigenvalue weighted by Crippen LogP contribution is -2.50. The van der Waals surface area contributed by atoms with Crippen molar-refractivity contribution in [2.75, 3.05) is 32.7 Å². The fourth-order valence-corrected chi connectivity index (χ4v) is 3.25. The van der Waals surface area contributed by atoms with Crippen molar-refractivity contribution in [3.63, 3.8) is 0 Å². The van der Waals surface area contributed by atoms with Crippen LogP contribution in [-0.4, -0.2) is 48.6 Å². The van der Waals surface area contributed by atoms with E-state index in [1.54, 1.807) is 0 Å². The molecule has 0 aromatic rings. The fraction of sp³-hybridized carbons (Fsp3) is 0.929. The van der Waals surface area contributed by atoms with E-state index in [1.807, 2.05) is 0 Å². The Kier molecular flexibility index (Phi) is 4.82. The first-order chi connectivity index (χ1) is 8.33. The molecule has 1 saturated heterocycles. The van der Waals surface area contributed by atoms with Gasteiger partial charge in [0.2, 0.25) is 0 Å². The van der Waals surface area contributed by atoms with Gasteiger partial charge >= 0.3 is 0 Å². The number of nitriles is 1. The zero-order chi connectivity index (χ0) is 12.1. The predicted molar refractivity (Wildman–Crippen MR) is 69.7 cm³/mol. The van der Waals surface area contributed by atoms with Crippen LogP contribution >= 0.6 is 0 Å². The molecule has 2 rings (SSSR count). The van der Waals surface area contributed by atoms with Gasteiger partial charge in [0, 0.05) is 32.7 Å². The van der Waals surface area contributed by atoms with Crippen molar-refractivity contribution in [3.8, 4) is 6.07 Å². The van der Waals surface area contributed by atoms with E-state index in [0.717, 1.165) is 38.5 Å². The van der Waals surface area contributed by atoms with Crippen LogP contribution < -0.4 is 0 Å². The average molecular weight is 235 g/mol. The smallest absolute Gasteiger partial charge is 0.0976 e. The van der Waals surface area contributed by atoms with Crippen molar-refractivity contribution in [2.45, 2.75) is 45.1 Å². The highest BCUT2D eigenvalue weighted by atomic mass is 15.3. The second-order valence-electron chi connectivity index (χ2n) is 5.54. The van der Waals surface area contributed by atoms with Crippen LogP contribution in [0.15, 0.2) is 0 Å². The molecule has 96 valence electrons. The van der Waals surface area contributed by atoms with E-state index >= 15 is 0 Å². The lowest BCUT2D eigenvalue weighted by atomic mass is 10.1. The Bertz CT molecular complexity index is 257. The molecule has 1 saturated carbocycles. The molecular weight excluding hydrogens is 210 g/mol. The minimum atomic E-state index is 0.142. The Hall–Kier alpha value is -0.590. The lowest BCUT2D eigenvalue weighted by molar-refractivity contribution is 0.101. The van der Waals surface area contributed by atoms with Crippen LogP contribution in [-0.2, 0) is 0 Å². The molecule has 17 heavy (non-hydrogen) atoms. The number of rotatable bonds is 4. The van der Waals surface area contributed by atoms with Crippen molar-refractivity contribution in [3.05, 3.63) is 0 Å². The van der Waals surface area contributed by atoms with E-state index in [0.29, 0.717) is 0 Å². The maximum absolute atomic E-state index is 9.07. The Morgan fingerprint density at radius 1 is 1.18 bits per heavy atom. The van der Waals surface area contributed by atoms with Crippen molar-refractivity contribution < 1.29 is 0 Å². The minimum Gasteiger partial charge on any atom is -0.301 e. The van der Waals surface area contributed by atoms with Gasteiger partial charge in [-0.1, -0.05) is 19.8 Å². The van der Waals surface area contributed by atoms with Gasteiger partial charge in [-0.2, -0.15) is 5.26 Å². The van der Waals surface area contributed by atoms with Gasteiger partial charge in [-0.3, -0.25) is 4.90 Å². The summed E-state index contributed by atoms with van der Waals surface area (Å²) in [4.78, 5) is 4.96. The van der Waals surface area contributed by atoms with E-state index in [4.69, 9.17) is 5.26 Å². The van der Waals surface area contributed by atoms with Crippen LogP contribution in [0.1, 0.15) is 39.0 Å². The summed E-state index contributed by atoms with van der Waals surface area (Å²) >= 11 is 0. The van der Waals surface area contributed by atoms with Gasteiger partial charge in [0.05, 0.1) is 12.1 Å². The summed E-state index contributed by atoms with van der Waals surface area (Å²) in [5.41, 5.74) is 0. The van der Waals surface area contributed by atoms with E-state index in [9.17, 15) is 0 Å². The molecule has 0 amide bonds. The average Bonchev–Trinajstić information content (AvgIpc) is 2.86. The first-order valence-corrected chi connectivity index (χ1v) is 7.19. The highest BCUT2D eigenvalue weighted by Gasteiger charge is 2.25. The topological polar surface area (TPSA) is 30.3 Å². The second-order valence-corrected chi connectivity index (χ2v) is 5.54. The highest BCUT2D eigenvalue weighted by molar-refractivity contribution is 4.92. The van der Waals surface area contributed by atoms with Gasteiger partial charge in [0.15, 0.2) is 0 Å². The molecule has 3 heteroatoms. The molecule has 1 unspecified atom stereocenters. The monoisotopic (exact) mass is 235 g/mol. The molecule has 1 aliphatic heterocycles. The first-order valence-electron chi connectivity index (χ1n) is 7.19. The van der Waals surface area contributed by atoms with Crippen LogP contribution in [0.4, 0.5) is 0 Å². The molecule has 3 nitrogen and oxygen atoms in total. The molecule has 0 aromatic heterocycles. The molecule has 2 fully saturated rings. The summed E-state index contributed by atoms with van der Waals surface area (Å²) in [5.74, 6) is 0.958. The van der Waals surface area contributed by atoms with Crippen molar-refractivity contribution >= 4 is 0 Å². The van der Waals surface area contributed by atoms with E-state index in [2.05, 4.69) is 22.8 Å². The van der Waals surface area contributed by atoms with Crippen molar-refractivity contribution in [2.24, 2.45) is 5.92 Å². The quantitative estimate of drug-likeness (QED) is 0.747. The lowest BCUT2D eigenvalue weighted by Gasteiger charge is -2.37. The Morgan fingerprint density at radius 3 is 2.35 bits per heavy atom. The summed E-state index contributed by atoms with van der Waals surface area (Å²) in [6.45, 7) is 7.90. The highest BCUT2D eigenvalue weighted by Crippen LogP contribution is 2.25. The molecule has 1 aliphatic carbocycles. The molecule has 0 radical (unpaired) electrons. The van der Waals surface area contributed by atoms with Crippen molar-refractivity contribution in [1.82, 2.24) is 9.80 Å².